The molecule has 0 aliphatic carbocycles. The summed E-state index contributed by atoms with van der Waals surface area (Å²) >= 11 is 2.52. The molecule has 5 nitrogen and oxygen atoms in total. The zero-order valence-electron chi connectivity index (χ0n) is 11.6. The number of carbonyl (C=O) groups is 2. The Bertz CT molecular complexity index is 965. The highest BCUT2D eigenvalue weighted by Crippen LogP contribution is 2.30. The minimum atomic E-state index is -0.359. The van der Waals surface area contributed by atoms with Crippen molar-refractivity contribution >= 4 is 51.2 Å². The van der Waals surface area contributed by atoms with Gasteiger partial charge in [0.05, 0.1) is 16.1 Å². The van der Waals surface area contributed by atoms with Gasteiger partial charge in [0.2, 0.25) is 0 Å². The van der Waals surface area contributed by atoms with Crippen molar-refractivity contribution in [1.82, 2.24) is 15.3 Å². The van der Waals surface area contributed by atoms with Gasteiger partial charge in [-0.2, -0.15) is 11.3 Å². The Morgan fingerprint density at radius 2 is 2.04 bits per heavy atom. The fourth-order valence-corrected chi connectivity index (χ4v) is 3.69. The molecule has 112 valence electrons. The number of nitrogens with zero attached hydrogens (tertiary/aromatic N) is 2. The predicted molar refractivity (Wildman–Crippen MR) is 92.0 cm³/mol. The summed E-state index contributed by atoms with van der Waals surface area (Å²) in [5.74, 6) is -0.359. The number of thiophene rings is 1. The molecule has 0 bridgehead atoms. The molecule has 0 atom stereocenters. The summed E-state index contributed by atoms with van der Waals surface area (Å²) in [6, 6.07) is 7.71. The van der Waals surface area contributed by atoms with Crippen LogP contribution in [0.1, 0.15) is 5.56 Å². The van der Waals surface area contributed by atoms with Crippen LogP contribution in [0.4, 0.5) is 4.79 Å². The van der Waals surface area contributed by atoms with Gasteiger partial charge in [-0.25, -0.2) is 9.97 Å². The monoisotopic (exact) mass is 339 g/mol. The molecule has 3 heterocycles. The molecular weight excluding hydrogens is 330 g/mol. The van der Waals surface area contributed by atoms with Crippen LogP contribution in [-0.4, -0.2) is 21.1 Å². The van der Waals surface area contributed by atoms with E-state index < -0.39 is 0 Å². The van der Waals surface area contributed by atoms with Gasteiger partial charge in [0.15, 0.2) is 0 Å². The van der Waals surface area contributed by atoms with Gasteiger partial charge in [-0.1, -0.05) is 6.07 Å². The van der Waals surface area contributed by atoms with E-state index in [2.05, 4.69) is 15.3 Å². The lowest BCUT2D eigenvalue weighted by atomic mass is 10.1. The van der Waals surface area contributed by atoms with Gasteiger partial charge < -0.3 is 0 Å². The van der Waals surface area contributed by atoms with Crippen LogP contribution in [0, 0.1) is 0 Å². The van der Waals surface area contributed by atoms with Crippen molar-refractivity contribution in [3.05, 3.63) is 51.8 Å². The van der Waals surface area contributed by atoms with Gasteiger partial charge in [-0.3, -0.25) is 14.9 Å². The Hall–Kier alpha value is -2.51. The third-order valence-corrected chi connectivity index (χ3v) is 4.89. The number of carbonyl (C=O) groups excluding carboxylic acids is 2. The highest BCUT2D eigenvalue weighted by molar-refractivity contribution is 8.18. The van der Waals surface area contributed by atoms with Crippen LogP contribution in [-0.2, 0) is 4.79 Å². The molecule has 2 aromatic heterocycles. The molecule has 4 rings (SSSR count). The van der Waals surface area contributed by atoms with E-state index in [0.29, 0.717) is 4.91 Å². The number of hydrogen-bond donors (Lipinski definition) is 1. The Morgan fingerprint density at radius 1 is 1.13 bits per heavy atom. The van der Waals surface area contributed by atoms with Crippen molar-refractivity contribution in [3.8, 4) is 11.3 Å². The number of thioether (sulfide) groups is 1. The molecule has 3 aromatic rings. The standard InChI is InChI=1S/C16H9N3O2S2/c20-15-13(23-16(21)19-15)6-9-1-2-12-11(5-9)14(18-8-17-12)10-3-4-22-7-10/h1-8H,(H,19,20,21)/b13-6+. The second kappa shape index (κ2) is 5.60. The number of rotatable bonds is 2. The third kappa shape index (κ3) is 2.64. The van der Waals surface area contributed by atoms with Crippen LogP contribution in [0.3, 0.4) is 0 Å². The largest absolute Gasteiger partial charge is 0.290 e. The van der Waals surface area contributed by atoms with E-state index in [4.69, 9.17) is 0 Å². The first-order valence-electron chi connectivity index (χ1n) is 6.73. The van der Waals surface area contributed by atoms with Crippen molar-refractivity contribution in [2.24, 2.45) is 0 Å². The van der Waals surface area contributed by atoms with E-state index in [1.54, 1.807) is 23.7 Å². The molecule has 1 fully saturated rings. The van der Waals surface area contributed by atoms with Crippen LogP contribution in [0.25, 0.3) is 28.2 Å². The molecule has 0 radical (unpaired) electrons. The van der Waals surface area contributed by atoms with E-state index in [0.717, 1.165) is 39.5 Å². The van der Waals surface area contributed by atoms with Gasteiger partial charge in [0.25, 0.3) is 11.1 Å². The normalized spacial score (nSPS) is 16.3. The second-order valence-electron chi connectivity index (χ2n) is 4.86. The third-order valence-electron chi connectivity index (χ3n) is 3.39. The average molecular weight is 339 g/mol. The number of nitrogens with one attached hydrogen (secondary N) is 1. The summed E-state index contributed by atoms with van der Waals surface area (Å²) in [6.07, 6.45) is 3.25. The highest BCUT2D eigenvalue weighted by atomic mass is 32.2. The lowest BCUT2D eigenvalue weighted by molar-refractivity contribution is -0.115. The van der Waals surface area contributed by atoms with Crippen molar-refractivity contribution in [2.75, 3.05) is 0 Å². The Morgan fingerprint density at radius 3 is 2.78 bits per heavy atom. The zero-order chi connectivity index (χ0) is 15.8. The minimum absolute atomic E-state index is 0.343. The van der Waals surface area contributed by atoms with Crippen molar-refractivity contribution in [3.63, 3.8) is 0 Å². The molecule has 7 heteroatoms. The first-order valence-corrected chi connectivity index (χ1v) is 8.49. The maximum Gasteiger partial charge on any atom is 0.290 e. The molecule has 1 aromatic carbocycles. The fourth-order valence-electron chi connectivity index (χ4n) is 2.37. The first kappa shape index (κ1) is 14.1. The van der Waals surface area contributed by atoms with Crippen LogP contribution in [0.2, 0.25) is 0 Å². The molecule has 1 N–H and O–H groups in total. The predicted octanol–water partition coefficient (Wildman–Crippen LogP) is 3.68. The topological polar surface area (TPSA) is 72.0 Å². The number of imide groups is 1. The summed E-state index contributed by atoms with van der Waals surface area (Å²) in [5, 5.41) is 6.85. The average Bonchev–Trinajstić information content (AvgIpc) is 3.17. The number of aromatic nitrogens is 2. The van der Waals surface area contributed by atoms with Crippen LogP contribution in [0.5, 0.6) is 0 Å². The molecule has 1 aliphatic heterocycles. The lowest BCUT2D eigenvalue weighted by Gasteiger charge is -2.04. The van der Waals surface area contributed by atoms with Gasteiger partial charge >= 0.3 is 0 Å². The SMILES string of the molecule is O=C1NC(=O)/C(=C\c2ccc3ncnc(-c4ccsc4)c3c2)S1. The van der Waals surface area contributed by atoms with E-state index in [9.17, 15) is 9.59 Å². The number of fused-ring (bicyclic) bond motifs is 1. The van der Waals surface area contributed by atoms with Crippen molar-refractivity contribution in [2.45, 2.75) is 0 Å². The highest BCUT2D eigenvalue weighted by Gasteiger charge is 2.24. The quantitative estimate of drug-likeness (QED) is 0.721. The van der Waals surface area contributed by atoms with Crippen LogP contribution < -0.4 is 5.32 Å². The number of amides is 2. The van der Waals surface area contributed by atoms with Gasteiger partial charge in [0.1, 0.15) is 6.33 Å². The summed E-state index contributed by atoms with van der Waals surface area (Å²) in [4.78, 5) is 32.0. The van der Waals surface area contributed by atoms with Crippen LogP contribution in [0.15, 0.2) is 46.3 Å². The van der Waals surface area contributed by atoms with Crippen molar-refractivity contribution in [1.29, 1.82) is 0 Å². The molecule has 0 saturated carbocycles. The van der Waals surface area contributed by atoms with Gasteiger partial charge in [-0.15, -0.1) is 0 Å². The number of hydrogen-bond acceptors (Lipinski definition) is 6. The van der Waals surface area contributed by atoms with Gasteiger partial charge in [-0.05, 0) is 47.0 Å². The Kier molecular flexibility index (Phi) is 3.44. The second-order valence-corrected chi connectivity index (χ2v) is 6.66. The summed E-state index contributed by atoms with van der Waals surface area (Å²) in [7, 11) is 0. The Balaban J connectivity index is 1.84. The van der Waals surface area contributed by atoms with E-state index in [-0.39, 0.29) is 11.1 Å². The lowest BCUT2D eigenvalue weighted by Crippen LogP contribution is -2.17. The van der Waals surface area contributed by atoms with Crippen LogP contribution >= 0.6 is 23.1 Å². The van der Waals surface area contributed by atoms with E-state index >= 15 is 0 Å². The maximum absolute atomic E-state index is 11.7. The summed E-state index contributed by atoms with van der Waals surface area (Å²) in [6.45, 7) is 0. The minimum Gasteiger partial charge on any atom is -0.282 e. The molecule has 23 heavy (non-hydrogen) atoms. The van der Waals surface area contributed by atoms with E-state index in [1.807, 2.05) is 35.0 Å². The molecule has 0 unspecified atom stereocenters. The molecular formula is C16H9N3O2S2. The number of benzene rings is 1. The Labute approximate surface area is 139 Å². The summed E-state index contributed by atoms with van der Waals surface area (Å²) < 4.78 is 0. The van der Waals surface area contributed by atoms with Gasteiger partial charge in [0, 0.05) is 16.3 Å². The zero-order valence-corrected chi connectivity index (χ0v) is 13.3. The smallest absolute Gasteiger partial charge is 0.282 e. The van der Waals surface area contributed by atoms with Crippen molar-refractivity contribution < 1.29 is 9.59 Å². The molecule has 1 saturated heterocycles. The fraction of sp³-hybridized carbons (Fsp3) is 0. The maximum atomic E-state index is 11.7. The molecule has 0 spiro atoms. The molecule has 1 aliphatic rings. The van der Waals surface area contributed by atoms with E-state index in [1.165, 1.54) is 0 Å². The molecule has 2 amide bonds. The summed E-state index contributed by atoms with van der Waals surface area (Å²) in [5.41, 5.74) is 3.56. The first-order chi connectivity index (χ1) is 11.2.